The van der Waals surface area contributed by atoms with Crippen LogP contribution in [-0.4, -0.2) is 73.1 Å². The van der Waals surface area contributed by atoms with Gasteiger partial charge in [0, 0.05) is 48.6 Å². The molecule has 4 aromatic rings. The second-order valence-electron chi connectivity index (χ2n) is 10.8. The van der Waals surface area contributed by atoms with Gasteiger partial charge in [0.1, 0.15) is 17.3 Å². The van der Waals surface area contributed by atoms with E-state index in [1.54, 1.807) is 24.5 Å². The van der Waals surface area contributed by atoms with Gasteiger partial charge in [-0.15, -0.1) is 0 Å². The van der Waals surface area contributed by atoms with E-state index in [0.29, 0.717) is 35.6 Å². The van der Waals surface area contributed by atoms with E-state index in [0.717, 1.165) is 56.0 Å². The first-order chi connectivity index (χ1) is 20.5. The lowest BCUT2D eigenvalue weighted by molar-refractivity contribution is -0.144. The molecule has 2 saturated heterocycles. The molecule has 6 rings (SSSR count). The normalized spacial score (nSPS) is 19.3. The summed E-state index contributed by atoms with van der Waals surface area (Å²) < 4.78 is 0. The molecule has 0 spiro atoms. The topological polar surface area (TPSA) is 132 Å². The number of benzene rings is 1. The van der Waals surface area contributed by atoms with Crippen LogP contribution in [0.4, 0.5) is 29.0 Å². The van der Waals surface area contributed by atoms with Crippen LogP contribution in [0.2, 0.25) is 0 Å². The van der Waals surface area contributed by atoms with Crippen molar-refractivity contribution in [3.05, 3.63) is 72.7 Å². The molecule has 0 saturated carbocycles. The Balaban J connectivity index is 1.09. The number of likely N-dealkylation sites (tertiary alicyclic amines) is 1. The van der Waals surface area contributed by atoms with Crippen LogP contribution in [0.5, 0.6) is 0 Å². The summed E-state index contributed by atoms with van der Waals surface area (Å²) >= 11 is 0. The quantitative estimate of drug-likeness (QED) is 0.270. The molecule has 3 aromatic heterocycles. The maximum Gasteiger partial charge on any atom is 0.309 e. The van der Waals surface area contributed by atoms with Crippen LogP contribution >= 0.6 is 0 Å². The molecule has 11 nitrogen and oxygen atoms in total. The number of aliphatic carboxylic acids is 1. The number of hydrogen-bond donors (Lipinski definition) is 3. The minimum atomic E-state index is -0.704. The summed E-state index contributed by atoms with van der Waals surface area (Å²) in [7, 11) is 0. The monoisotopic (exact) mass is 565 g/mol. The van der Waals surface area contributed by atoms with Crippen LogP contribution < -0.4 is 15.5 Å². The predicted octanol–water partition coefficient (Wildman–Crippen LogP) is 4.89. The average Bonchev–Trinajstić information content (AvgIpc) is 3.02. The Morgan fingerprint density at radius 1 is 0.857 bits per heavy atom. The van der Waals surface area contributed by atoms with Crippen LogP contribution in [0.15, 0.2) is 67.0 Å². The van der Waals surface area contributed by atoms with Gasteiger partial charge in [-0.1, -0.05) is 12.5 Å². The lowest BCUT2D eigenvalue weighted by atomic mass is 9.89. The zero-order valence-corrected chi connectivity index (χ0v) is 23.6. The van der Waals surface area contributed by atoms with E-state index in [1.807, 2.05) is 49.4 Å². The second kappa shape index (κ2) is 12.5. The van der Waals surface area contributed by atoms with Gasteiger partial charge in [0.2, 0.25) is 5.95 Å². The van der Waals surface area contributed by atoms with Crippen LogP contribution in [0.3, 0.4) is 0 Å². The number of nitrogens with zero attached hydrogens (tertiary/aromatic N) is 7. The Morgan fingerprint density at radius 2 is 1.62 bits per heavy atom. The van der Waals surface area contributed by atoms with E-state index < -0.39 is 11.9 Å². The number of aromatic nitrogens is 5. The smallest absolute Gasteiger partial charge is 0.309 e. The summed E-state index contributed by atoms with van der Waals surface area (Å²) in [6.07, 6.45) is 7.79. The number of rotatable bonds is 8. The first-order valence-electron chi connectivity index (χ1n) is 14.5. The van der Waals surface area contributed by atoms with Gasteiger partial charge in [0.15, 0.2) is 5.82 Å². The van der Waals surface area contributed by atoms with E-state index in [4.69, 9.17) is 0 Å². The molecule has 1 aromatic carbocycles. The minimum absolute atomic E-state index is 0.117. The third kappa shape index (κ3) is 6.46. The summed E-state index contributed by atoms with van der Waals surface area (Å²) in [4.78, 5) is 39.2. The molecule has 42 heavy (non-hydrogen) atoms. The lowest BCUT2D eigenvalue weighted by Gasteiger charge is -2.44. The molecule has 0 radical (unpaired) electrons. The van der Waals surface area contributed by atoms with Gasteiger partial charge in [-0.25, -0.2) is 19.9 Å². The number of hydrogen-bond acceptors (Lipinski definition) is 10. The zero-order chi connectivity index (χ0) is 28.9. The molecule has 216 valence electrons. The molecule has 0 amide bonds. The van der Waals surface area contributed by atoms with Crippen LogP contribution in [0, 0.1) is 12.8 Å². The highest BCUT2D eigenvalue weighted by atomic mass is 16.4. The van der Waals surface area contributed by atoms with Gasteiger partial charge in [-0.05, 0) is 87.8 Å². The summed E-state index contributed by atoms with van der Waals surface area (Å²) in [5, 5.41) is 16.5. The zero-order valence-electron chi connectivity index (χ0n) is 23.6. The summed E-state index contributed by atoms with van der Waals surface area (Å²) in [5.41, 5.74) is 3.46. The number of pyridine rings is 1. The second-order valence-corrected chi connectivity index (χ2v) is 10.8. The van der Waals surface area contributed by atoms with Crippen molar-refractivity contribution < 1.29 is 9.90 Å². The standard InChI is InChI=1S/C31H35N9O2/c1-21-6-5-7-25(34-21)29-32-15-12-27(37-29)36-28-13-16-33-31(38-28)35-22-8-10-23(11-9-22)40-19-14-26(24(20-40)30(41)42)39-17-3-2-4-18-39/h5-13,15-16,24,26H,2-4,14,17-20H2,1H3,(H,41,42)(H2,32,33,35,36,37,38). The molecule has 2 unspecified atom stereocenters. The number of piperidine rings is 2. The largest absolute Gasteiger partial charge is 0.481 e. The van der Waals surface area contributed by atoms with Crippen LogP contribution in [-0.2, 0) is 4.79 Å². The van der Waals surface area contributed by atoms with Crippen molar-refractivity contribution in [1.29, 1.82) is 0 Å². The molecule has 0 bridgehead atoms. The van der Waals surface area contributed by atoms with Crippen LogP contribution in [0.1, 0.15) is 31.4 Å². The highest BCUT2D eigenvalue weighted by Gasteiger charge is 2.38. The first-order valence-corrected chi connectivity index (χ1v) is 14.5. The Morgan fingerprint density at radius 3 is 2.38 bits per heavy atom. The highest BCUT2D eigenvalue weighted by Crippen LogP contribution is 2.30. The summed E-state index contributed by atoms with van der Waals surface area (Å²) in [6.45, 7) is 5.32. The maximum atomic E-state index is 12.2. The number of anilines is 5. The maximum absolute atomic E-state index is 12.2. The Hall–Kier alpha value is -4.64. The van der Waals surface area contributed by atoms with Gasteiger partial charge < -0.3 is 20.6 Å². The van der Waals surface area contributed by atoms with Crippen LogP contribution in [0.25, 0.3) is 11.5 Å². The molecular weight excluding hydrogens is 530 g/mol. The number of nitrogens with one attached hydrogen (secondary N) is 2. The third-order valence-corrected chi connectivity index (χ3v) is 7.93. The van der Waals surface area contributed by atoms with Gasteiger partial charge >= 0.3 is 5.97 Å². The van der Waals surface area contributed by atoms with Crippen molar-refractivity contribution in [2.75, 3.05) is 41.7 Å². The lowest BCUT2D eigenvalue weighted by Crippen LogP contribution is -2.54. The number of carboxylic acids is 1. The SMILES string of the molecule is Cc1cccc(-c2nccc(Nc3ccnc(Nc4ccc(N5CCC(N6CCCCC6)C(C(=O)O)C5)cc4)n3)n2)n1. The van der Waals surface area contributed by atoms with E-state index in [-0.39, 0.29) is 6.04 Å². The average molecular weight is 566 g/mol. The van der Waals surface area contributed by atoms with Gasteiger partial charge in [0.25, 0.3) is 0 Å². The summed E-state index contributed by atoms with van der Waals surface area (Å²) in [5.74, 6) is 1.06. The van der Waals surface area contributed by atoms with Crippen molar-refractivity contribution in [2.45, 2.75) is 38.6 Å². The molecule has 0 aliphatic carbocycles. The van der Waals surface area contributed by atoms with Gasteiger partial charge in [-0.2, -0.15) is 4.98 Å². The van der Waals surface area contributed by atoms with Gasteiger partial charge in [-0.3, -0.25) is 9.69 Å². The van der Waals surface area contributed by atoms with E-state index in [2.05, 4.69) is 45.4 Å². The Bertz CT molecular complexity index is 1530. The predicted molar refractivity (Wildman–Crippen MR) is 162 cm³/mol. The van der Waals surface area contributed by atoms with Crippen molar-refractivity contribution in [2.24, 2.45) is 5.92 Å². The fourth-order valence-electron chi connectivity index (χ4n) is 5.83. The first kappa shape index (κ1) is 27.5. The Labute approximate surface area is 245 Å². The highest BCUT2D eigenvalue weighted by molar-refractivity contribution is 5.73. The van der Waals surface area contributed by atoms with Crippen molar-refractivity contribution >= 4 is 34.9 Å². The molecular formula is C31H35N9O2. The molecule has 2 atom stereocenters. The van der Waals surface area contributed by atoms with E-state index >= 15 is 0 Å². The fourth-order valence-corrected chi connectivity index (χ4v) is 5.83. The van der Waals surface area contributed by atoms with Gasteiger partial charge in [0.05, 0.1) is 5.92 Å². The summed E-state index contributed by atoms with van der Waals surface area (Å²) in [6, 6.07) is 17.4. The fraction of sp³-hybridized carbons (Fsp3) is 0.355. The van der Waals surface area contributed by atoms with E-state index in [1.165, 1.54) is 6.42 Å². The number of carbonyl (C=O) groups is 1. The molecule has 3 N–H and O–H groups in total. The third-order valence-electron chi connectivity index (χ3n) is 7.93. The van der Waals surface area contributed by atoms with Crippen molar-refractivity contribution in [3.8, 4) is 11.5 Å². The van der Waals surface area contributed by atoms with E-state index in [9.17, 15) is 9.90 Å². The molecule has 5 heterocycles. The van der Waals surface area contributed by atoms with Crippen molar-refractivity contribution in [1.82, 2.24) is 29.8 Å². The number of aryl methyl sites for hydroxylation is 1. The molecule has 2 aliphatic heterocycles. The Kier molecular flexibility index (Phi) is 8.18. The molecule has 2 fully saturated rings. The van der Waals surface area contributed by atoms with Crippen molar-refractivity contribution in [3.63, 3.8) is 0 Å². The molecule has 2 aliphatic rings. The molecule has 11 heteroatoms. The minimum Gasteiger partial charge on any atom is -0.481 e. The number of carboxylic acid groups (broad SMARTS) is 1.